The molecule has 0 radical (unpaired) electrons. The van der Waals surface area contributed by atoms with Crippen LogP contribution in [-0.2, 0) is 9.47 Å². The van der Waals surface area contributed by atoms with Crippen LogP contribution in [0.4, 0.5) is 29.3 Å². The van der Waals surface area contributed by atoms with Gasteiger partial charge in [-0.15, -0.1) is 0 Å². The largest absolute Gasteiger partial charge is 0.474 e. The molecule has 2 saturated heterocycles. The van der Waals surface area contributed by atoms with Crippen LogP contribution >= 0.6 is 12.2 Å². The Kier molecular flexibility index (Phi) is 7.01. The number of ether oxygens (including phenoxy) is 2. The molecule has 2 fully saturated rings. The Morgan fingerprint density at radius 3 is 2.52 bits per heavy atom. The van der Waals surface area contributed by atoms with Gasteiger partial charge in [-0.05, 0) is 12.2 Å². The Morgan fingerprint density at radius 1 is 1.28 bits per heavy atom. The molecule has 2 aliphatic heterocycles. The summed E-state index contributed by atoms with van der Waals surface area (Å²) in [6.07, 6.45) is -1.23. The second-order valence-electron chi connectivity index (χ2n) is 6.76. The van der Waals surface area contributed by atoms with Gasteiger partial charge in [0, 0.05) is 44.9 Å². The molecule has 1 amide bonds. The molecule has 2 heterocycles. The van der Waals surface area contributed by atoms with Gasteiger partial charge in [0.15, 0.2) is 11.6 Å². The second kappa shape index (κ2) is 9.49. The topological polar surface area (TPSA) is 57.3 Å². The predicted molar refractivity (Wildman–Crippen MR) is 106 cm³/mol. The third-order valence-electron chi connectivity index (χ3n) is 4.94. The number of carbonyl (C=O) groups excluding carboxylic acids is 1. The van der Waals surface area contributed by atoms with Gasteiger partial charge in [0.05, 0.1) is 25.9 Å². The van der Waals surface area contributed by atoms with E-state index in [0.29, 0.717) is 32.7 Å². The van der Waals surface area contributed by atoms with Gasteiger partial charge < -0.3 is 19.7 Å². The number of thiocarbonyl (C=S) groups is 1. The highest BCUT2D eigenvalue weighted by atomic mass is 32.1. The zero-order chi connectivity index (χ0) is 21.0. The highest BCUT2D eigenvalue weighted by Gasteiger charge is 2.34. The van der Waals surface area contributed by atoms with E-state index >= 15 is 0 Å². The van der Waals surface area contributed by atoms with Crippen molar-refractivity contribution >= 4 is 34.9 Å². The summed E-state index contributed by atoms with van der Waals surface area (Å²) in [6.45, 7) is 2.07. The number of nitrogens with zero attached hydrogens (tertiary/aromatic N) is 3. The first-order chi connectivity index (χ1) is 13.9. The van der Waals surface area contributed by atoms with E-state index in [1.54, 1.807) is 4.90 Å². The van der Waals surface area contributed by atoms with E-state index in [0.717, 1.165) is 12.1 Å². The molecule has 160 valence electrons. The number of alkyl halides is 1. The monoisotopic (exact) mass is 432 g/mol. The van der Waals surface area contributed by atoms with Gasteiger partial charge in [0.1, 0.15) is 18.5 Å². The molecule has 0 unspecified atom stereocenters. The quantitative estimate of drug-likeness (QED) is 0.689. The number of hydrogen-bond acceptors (Lipinski definition) is 6. The molecule has 0 saturated carbocycles. The Hall–Kier alpha value is -2.27. The lowest BCUT2D eigenvalue weighted by Gasteiger charge is -2.36. The molecule has 0 spiro atoms. The molecule has 0 aromatic heterocycles. The van der Waals surface area contributed by atoms with Crippen molar-refractivity contribution in [2.24, 2.45) is 0 Å². The summed E-state index contributed by atoms with van der Waals surface area (Å²) in [4.78, 5) is 16.8. The molecule has 0 bridgehead atoms. The van der Waals surface area contributed by atoms with Gasteiger partial charge in [-0.1, -0.05) is 0 Å². The molecule has 0 aliphatic carbocycles. The number of nitrogens with one attached hydrogen (secondary N) is 1. The Balaban J connectivity index is 1.68. The van der Waals surface area contributed by atoms with E-state index in [1.807, 2.05) is 4.90 Å². The lowest BCUT2D eigenvalue weighted by molar-refractivity contribution is 0.142. The van der Waals surface area contributed by atoms with Crippen molar-refractivity contribution in [3.05, 3.63) is 23.8 Å². The van der Waals surface area contributed by atoms with Crippen LogP contribution in [0.15, 0.2) is 12.1 Å². The first-order valence-corrected chi connectivity index (χ1v) is 9.66. The van der Waals surface area contributed by atoms with Gasteiger partial charge in [-0.3, -0.25) is 9.80 Å². The summed E-state index contributed by atoms with van der Waals surface area (Å²) in [5.41, 5.74) is -0.0495. The number of hydrogen-bond donors (Lipinski definition) is 1. The number of piperazine rings is 1. The minimum absolute atomic E-state index is 0.0848. The van der Waals surface area contributed by atoms with E-state index in [-0.39, 0.29) is 29.6 Å². The predicted octanol–water partition coefficient (Wildman–Crippen LogP) is 1.90. The minimum Gasteiger partial charge on any atom is -0.474 e. The van der Waals surface area contributed by atoms with Crippen LogP contribution in [0.5, 0.6) is 0 Å². The van der Waals surface area contributed by atoms with Crippen LogP contribution in [0.25, 0.3) is 0 Å². The van der Waals surface area contributed by atoms with Crippen molar-refractivity contribution in [2.45, 2.75) is 6.10 Å². The number of amides is 1. The fourth-order valence-corrected chi connectivity index (χ4v) is 3.52. The van der Waals surface area contributed by atoms with Gasteiger partial charge >= 0.3 is 6.09 Å². The summed E-state index contributed by atoms with van der Waals surface area (Å²) in [5.74, 6) is -1.51. The molecule has 1 N–H and O–H groups in total. The lowest BCUT2D eigenvalue weighted by atomic mass is 10.2. The molecule has 1 aromatic rings. The summed E-state index contributed by atoms with van der Waals surface area (Å²) >= 11 is 4.86. The number of anilines is 2. The van der Waals surface area contributed by atoms with E-state index in [4.69, 9.17) is 21.7 Å². The first kappa shape index (κ1) is 21.4. The Morgan fingerprint density at radius 2 is 1.93 bits per heavy atom. The highest BCUT2D eigenvalue weighted by molar-refractivity contribution is 7.80. The maximum Gasteiger partial charge on any atom is 0.414 e. The zero-order valence-electron chi connectivity index (χ0n) is 16.0. The molecular weight excluding hydrogens is 409 g/mol. The average Bonchev–Trinajstić information content (AvgIpc) is 3.07. The smallest absolute Gasteiger partial charge is 0.414 e. The lowest BCUT2D eigenvalue weighted by Crippen LogP contribution is -2.47. The highest BCUT2D eigenvalue weighted by Crippen LogP contribution is 2.31. The van der Waals surface area contributed by atoms with Gasteiger partial charge in [-0.25, -0.2) is 18.0 Å². The Bertz CT molecular complexity index is 739. The second-order valence-corrected chi connectivity index (χ2v) is 7.14. The Labute approximate surface area is 172 Å². The third kappa shape index (κ3) is 5.02. The first-order valence-electron chi connectivity index (χ1n) is 9.25. The van der Waals surface area contributed by atoms with Crippen LogP contribution in [0.2, 0.25) is 0 Å². The molecule has 1 aromatic carbocycles. The van der Waals surface area contributed by atoms with Gasteiger partial charge in [0.2, 0.25) is 0 Å². The van der Waals surface area contributed by atoms with E-state index in [9.17, 15) is 18.0 Å². The average molecular weight is 432 g/mol. The minimum atomic E-state index is -0.756. The fourth-order valence-electron chi connectivity index (χ4n) is 3.43. The normalized spacial score (nSPS) is 20.0. The van der Waals surface area contributed by atoms with Crippen molar-refractivity contribution in [3.63, 3.8) is 0 Å². The maximum absolute atomic E-state index is 14.7. The number of rotatable bonds is 6. The van der Waals surface area contributed by atoms with Crippen molar-refractivity contribution in [1.82, 2.24) is 10.2 Å². The summed E-state index contributed by atoms with van der Waals surface area (Å²) in [5, 5.41) is 2.94. The number of methoxy groups -OCH3 is 1. The molecule has 2 aliphatic rings. The summed E-state index contributed by atoms with van der Waals surface area (Å²) < 4.78 is 51.9. The maximum atomic E-state index is 14.7. The number of halogens is 3. The van der Waals surface area contributed by atoms with Crippen LogP contribution in [-0.4, -0.2) is 81.9 Å². The molecule has 11 heteroatoms. The van der Waals surface area contributed by atoms with Gasteiger partial charge in [0.25, 0.3) is 5.17 Å². The molecule has 3 rings (SSSR count). The van der Waals surface area contributed by atoms with Crippen molar-refractivity contribution in [2.75, 3.05) is 69.4 Å². The number of carbonyl (C=O) groups is 1. The van der Waals surface area contributed by atoms with Gasteiger partial charge in [-0.2, -0.15) is 0 Å². The standard InChI is InChI=1S/C18H23F3N4O3S/c1-27-17(29)22-10-13-11-25(18(26)28-13)12-8-14(20)16(15(21)9-12)24-6-4-23(3-2-19)5-7-24/h8-9,13H,2-7,10-11H2,1H3,(H,22,29)/t13-/m0/s1. The van der Waals surface area contributed by atoms with E-state index in [1.165, 1.54) is 12.0 Å². The molecule has 7 nitrogen and oxygen atoms in total. The van der Waals surface area contributed by atoms with Crippen molar-refractivity contribution in [1.29, 1.82) is 0 Å². The molecule has 1 atom stereocenters. The van der Waals surface area contributed by atoms with Crippen molar-refractivity contribution < 1.29 is 27.4 Å². The fraction of sp³-hybridized carbons (Fsp3) is 0.556. The van der Waals surface area contributed by atoms with Crippen LogP contribution in [0.1, 0.15) is 0 Å². The van der Waals surface area contributed by atoms with Crippen LogP contribution < -0.4 is 15.1 Å². The number of benzene rings is 1. The van der Waals surface area contributed by atoms with E-state index < -0.39 is 30.5 Å². The van der Waals surface area contributed by atoms with E-state index in [2.05, 4.69) is 5.32 Å². The molecular formula is C18H23F3N4O3S. The molecule has 29 heavy (non-hydrogen) atoms. The summed E-state index contributed by atoms with van der Waals surface area (Å²) in [6, 6.07) is 2.26. The van der Waals surface area contributed by atoms with Crippen LogP contribution in [0.3, 0.4) is 0 Å². The number of cyclic esters (lactones) is 1. The van der Waals surface area contributed by atoms with Crippen LogP contribution in [0, 0.1) is 11.6 Å². The third-order valence-corrected chi connectivity index (χ3v) is 5.25. The summed E-state index contributed by atoms with van der Waals surface area (Å²) in [7, 11) is 1.41. The SMILES string of the molecule is COC(=S)NC[C@H]1CN(c2cc(F)c(N3CCN(CCF)CC3)c(F)c2)C(=O)O1. The van der Waals surface area contributed by atoms with Crippen molar-refractivity contribution in [3.8, 4) is 0 Å². The zero-order valence-corrected chi connectivity index (χ0v) is 16.8.